The zero-order chi connectivity index (χ0) is 8.81. The van der Waals surface area contributed by atoms with Crippen LogP contribution in [0.25, 0.3) is 0 Å². The summed E-state index contributed by atoms with van der Waals surface area (Å²) < 4.78 is 1.12. The number of anilines is 1. The molecule has 0 aliphatic rings. The number of rotatable bonds is 4. The zero-order valence-corrected chi connectivity index (χ0v) is 9.41. The summed E-state index contributed by atoms with van der Waals surface area (Å²) in [5, 5.41) is 3.34. The molecule has 1 rings (SSSR count). The summed E-state index contributed by atoms with van der Waals surface area (Å²) in [6.07, 6.45) is 2.11. The van der Waals surface area contributed by atoms with Crippen LogP contribution in [-0.4, -0.2) is 18.6 Å². The monoisotopic (exact) mass is 245 g/mol. The molecular formula is C9H12BrNS. The third kappa shape index (κ3) is 3.50. The molecule has 0 unspecified atom stereocenters. The average Bonchev–Trinajstić information content (AvgIpc) is 2.05. The lowest BCUT2D eigenvalue weighted by atomic mass is 10.3. The minimum absolute atomic E-state index is 1.03. The first-order valence-corrected chi connectivity index (χ1v) is 6.00. The second-order valence-electron chi connectivity index (χ2n) is 2.43. The summed E-state index contributed by atoms with van der Waals surface area (Å²) in [5.74, 6) is 1.15. The van der Waals surface area contributed by atoms with Gasteiger partial charge in [-0.3, -0.25) is 0 Å². The topological polar surface area (TPSA) is 12.0 Å². The van der Waals surface area contributed by atoms with E-state index in [1.165, 1.54) is 5.69 Å². The van der Waals surface area contributed by atoms with E-state index < -0.39 is 0 Å². The number of thioether (sulfide) groups is 1. The van der Waals surface area contributed by atoms with Gasteiger partial charge >= 0.3 is 0 Å². The Hall–Kier alpha value is -0.150. The van der Waals surface area contributed by atoms with Crippen molar-refractivity contribution in [2.45, 2.75) is 0 Å². The molecule has 0 amide bonds. The second kappa shape index (κ2) is 5.49. The molecule has 1 N–H and O–H groups in total. The van der Waals surface area contributed by atoms with Crippen LogP contribution in [0.2, 0.25) is 0 Å². The Morgan fingerprint density at radius 3 is 3.00 bits per heavy atom. The van der Waals surface area contributed by atoms with Gasteiger partial charge in [0.15, 0.2) is 0 Å². The van der Waals surface area contributed by atoms with Gasteiger partial charge in [-0.25, -0.2) is 0 Å². The van der Waals surface area contributed by atoms with Crippen LogP contribution in [0.4, 0.5) is 5.69 Å². The third-order valence-electron chi connectivity index (χ3n) is 1.46. The van der Waals surface area contributed by atoms with Crippen molar-refractivity contribution in [1.82, 2.24) is 0 Å². The summed E-state index contributed by atoms with van der Waals surface area (Å²) in [4.78, 5) is 0. The predicted octanol–water partition coefficient (Wildman–Crippen LogP) is 3.22. The molecule has 3 heteroatoms. The fourth-order valence-corrected chi connectivity index (χ4v) is 1.60. The van der Waals surface area contributed by atoms with Gasteiger partial charge in [0.05, 0.1) is 0 Å². The molecule has 1 nitrogen and oxygen atoms in total. The van der Waals surface area contributed by atoms with Crippen molar-refractivity contribution in [3.8, 4) is 0 Å². The van der Waals surface area contributed by atoms with E-state index >= 15 is 0 Å². The van der Waals surface area contributed by atoms with Gasteiger partial charge < -0.3 is 5.32 Å². The van der Waals surface area contributed by atoms with E-state index in [0.717, 1.165) is 16.8 Å². The largest absolute Gasteiger partial charge is 0.384 e. The molecule has 0 saturated carbocycles. The van der Waals surface area contributed by atoms with Gasteiger partial charge in [-0.15, -0.1) is 0 Å². The molecule has 0 heterocycles. The molecule has 0 fully saturated rings. The van der Waals surface area contributed by atoms with Crippen molar-refractivity contribution in [2.75, 3.05) is 23.9 Å². The van der Waals surface area contributed by atoms with Crippen LogP contribution in [0, 0.1) is 0 Å². The van der Waals surface area contributed by atoms with Gasteiger partial charge in [0.25, 0.3) is 0 Å². The van der Waals surface area contributed by atoms with Gasteiger partial charge in [0.1, 0.15) is 0 Å². The first-order chi connectivity index (χ1) is 5.83. The Labute approximate surface area is 86.1 Å². The highest BCUT2D eigenvalue weighted by Crippen LogP contribution is 2.15. The molecule has 1 aromatic rings. The van der Waals surface area contributed by atoms with E-state index in [9.17, 15) is 0 Å². The maximum atomic E-state index is 3.43. The summed E-state index contributed by atoms with van der Waals surface area (Å²) in [5.41, 5.74) is 1.18. The van der Waals surface area contributed by atoms with Gasteiger partial charge in [0.2, 0.25) is 0 Å². The van der Waals surface area contributed by atoms with Gasteiger partial charge in [-0.1, -0.05) is 22.0 Å². The molecule has 12 heavy (non-hydrogen) atoms. The van der Waals surface area contributed by atoms with Crippen LogP contribution in [0.3, 0.4) is 0 Å². The molecule has 0 aliphatic heterocycles. The Balaban J connectivity index is 2.41. The highest BCUT2D eigenvalue weighted by molar-refractivity contribution is 9.10. The first kappa shape index (κ1) is 9.93. The van der Waals surface area contributed by atoms with E-state index in [2.05, 4.69) is 39.6 Å². The lowest BCUT2D eigenvalue weighted by Crippen LogP contribution is -2.03. The van der Waals surface area contributed by atoms with Crippen molar-refractivity contribution < 1.29 is 0 Å². The molecule has 0 spiro atoms. The molecule has 0 radical (unpaired) electrons. The van der Waals surface area contributed by atoms with Gasteiger partial charge in [-0.05, 0) is 24.5 Å². The SMILES string of the molecule is CSCCNc1cccc(Br)c1. The highest BCUT2D eigenvalue weighted by Gasteiger charge is 1.90. The van der Waals surface area contributed by atoms with E-state index in [4.69, 9.17) is 0 Å². The van der Waals surface area contributed by atoms with Crippen molar-refractivity contribution in [2.24, 2.45) is 0 Å². The quantitative estimate of drug-likeness (QED) is 0.818. The van der Waals surface area contributed by atoms with E-state index in [-0.39, 0.29) is 0 Å². The molecular weight excluding hydrogens is 234 g/mol. The van der Waals surface area contributed by atoms with E-state index in [1.54, 1.807) is 0 Å². The molecule has 0 bridgehead atoms. The summed E-state index contributed by atoms with van der Waals surface area (Å²) >= 11 is 5.28. The van der Waals surface area contributed by atoms with Crippen LogP contribution in [0.5, 0.6) is 0 Å². The third-order valence-corrected chi connectivity index (χ3v) is 2.57. The molecule has 0 atom stereocenters. The Bertz CT molecular complexity index is 240. The van der Waals surface area contributed by atoms with Crippen LogP contribution in [0.15, 0.2) is 28.7 Å². The lowest BCUT2D eigenvalue weighted by molar-refractivity contribution is 1.23. The maximum absolute atomic E-state index is 3.43. The standard InChI is InChI=1S/C9H12BrNS/c1-12-6-5-11-9-4-2-3-8(10)7-9/h2-4,7,11H,5-6H2,1H3. The fraction of sp³-hybridized carbons (Fsp3) is 0.333. The van der Waals surface area contributed by atoms with Crippen molar-refractivity contribution in [3.63, 3.8) is 0 Å². The number of nitrogens with one attached hydrogen (secondary N) is 1. The van der Waals surface area contributed by atoms with E-state index in [1.807, 2.05) is 23.9 Å². The Morgan fingerprint density at radius 1 is 1.50 bits per heavy atom. The summed E-state index contributed by atoms with van der Waals surface area (Å²) in [6, 6.07) is 8.22. The molecule has 0 aromatic heterocycles. The minimum Gasteiger partial charge on any atom is -0.384 e. The van der Waals surface area contributed by atoms with Crippen LogP contribution in [-0.2, 0) is 0 Å². The minimum atomic E-state index is 1.03. The summed E-state index contributed by atoms with van der Waals surface area (Å²) in [7, 11) is 0. The number of hydrogen-bond acceptors (Lipinski definition) is 2. The van der Waals surface area contributed by atoms with Crippen molar-refractivity contribution >= 4 is 33.4 Å². The van der Waals surface area contributed by atoms with Crippen molar-refractivity contribution in [1.29, 1.82) is 0 Å². The predicted molar refractivity (Wildman–Crippen MR) is 61.0 cm³/mol. The Kier molecular flexibility index (Phi) is 4.54. The van der Waals surface area contributed by atoms with E-state index in [0.29, 0.717) is 0 Å². The fourth-order valence-electron chi connectivity index (χ4n) is 0.896. The van der Waals surface area contributed by atoms with Gasteiger partial charge in [0, 0.05) is 22.5 Å². The zero-order valence-electron chi connectivity index (χ0n) is 7.01. The second-order valence-corrected chi connectivity index (χ2v) is 4.33. The molecule has 0 saturated heterocycles. The van der Waals surface area contributed by atoms with Crippen molar-refractivity contribution in [3.05, 3.63) is 28.7 Å². The molecule has 1 aromatic carbocycles. The van der Waals surface area contributed by atoms with Crippen LogP contribution >= 0.6 is 27.7 Å². The molecule has 66 valence electrons. The maximum Gasteiger partial charge on any atom is 0.0351 e. The normalized spacial score (nSPS) is 9.83. The average molecular weight is 246 g/mol. The smallest absolute Gasteiger partial charge is 0.0351 e. The first-order valence-electron chi connectivity index (χ1n) is 3.81. The number of halogens is 1. The number of hydrogen-bond donors (Lipinski definition) is 1. The van der Waals surface area contributed by atoms with Crippen LogP contribution < -0.4 is 5.32 Å². The highest BCUT2D eigenvalue weighted by atomic mass is 79.9. The van der Waals surface area contributed by atoms with Crippen LogP contribution in [0.1, 0.15) is 0 Å². The molecule has 0 aliphatic carbocycles. The van der Waals surface area contributed by atoms with Gasteiger partial charge in [-0.2, -0.15) is 11.8 Å². The summed E-state index contributed by atoms with van der Waals surface area (Å²) in [6.45, 7) is 1.03. The lowest BCUT2D eigenvalue weighted by Gasteiger charge is -2.04. The number of benzene rings is 1. The Morgan fingerprint density at radius 2 is 2.33 bits per heavy atom.